The molecule has 0 N–H and O–H groups in total. The lowest BCUT2D eigenvalue weighted by Crippen LogP contribution is -2.14. The summed E-state index contributed by atoms with van der Waals surface area (Å²) in [6.45, 7) is 4.73. The highest BCUT2D eigenvalue weighted by Gasteiger charge is 2.38. The molecule has 46 heavy (non-hydrogen) atoms. The van der Waals surface area contributed by atoms with Gasteiger partial charge in [0, 0.05) is 47.3 Å². The van der Waals surface area contributed by atoms with E-state index >= 15 is 0 Å². The van der Waals surface area contributed by atoms with E-state index in [0.717, 1.165) is 11.4 Å². The van der Waals surface area contributed by atoms with Crippen molar-refractivity contribution in [3.63, 3.8) is 0 Å². The summed E-state index contributed by atoms with van der Waals surface area (Å²) in [5.74, 6) is 0. The van der Waals surface area contributed by atoms with E-state index in [1.807, 2.05) is 23.5 Å². The van der Waals surface area contributed by atoms with E-state index in [1.54, 1.807) is 0 Å². The topological polar surface area (TPSA) is 3.24 Å². The molecule has 3 heteroatoms. The van der Waals surface area contributed by atoms with Crippen LogP contribution >= 0.6 is 23.5 Å². The Bertz CT molecular complexity index is 2280. The highest BCUT2D eigenvalue weighted by molar-refractivity contribution is 8.05. The van der Waals surface area contributed by atoms with Gasteiger partial charge >= 0.3 is 0 Å². The van der Waals surface area contributed by atoms with E-state index in [4.69, 9.17) is 0 Å². The fourth-order valence-electron chi connectivity index (χ4n) is 7.27. The van der Waals surface area contributed by atoms with Crippen LogP contribution in [0.1, 0.15) is 25.0 Å². The predicted octanol–water partition coefficient (Wildman–Crippen LogP) is 12.9. The van der Waals surface area contributed by atoms with Crippen LogP contribution in [-0.2, 0) is 5.41 Å². The van der Waals surface area contributed by atoms with E-state index in [0.29, 0.717) is 0 Å². The Morgan fingerprint density at radius 2 is 1.15 bits per heavy atom. The number of nitrogens with zero attached hydrogens (tertiary/aromatic N) is 1. The first kappa shape index (κ1) is 27.6. The van der Waals surface area contributed by atoms with Crippen molar-refractivity contribution in [2.24, 2.45) is 0 Å². The van der Waals surface area contributed by atoms with Crippen molar-refractivity contribution in [1.29, 1.82) is 0 Å². The molecule has 1 heterocycles. The maximum Gasteiger partial charge on any atom is 0.0540 e. The molecule has 0 amide bonds. The molecule has 1 aliphatic heterocycles. The molecule has 0 atom stereocenters. The lowest BCUT2D eigenvalue weighted by molar-refractivity contribution is 0.659. The molecule has 0 saturated heterocycles. The van der Waals surface area contributed by atoms with Crippen molar-refractivity contribution in [2.75, 3.05) is 4.90 Å². The van der Waals surface area contributed by atoms with Crippen molar-refractivity contribution in [3.8, 4) is 22.3 Å². The molecule has 0 radical (unpaired) electrons. The molecule has 0 aromatic heterocycles. The molecule has 1 aliphatic carbocycles. The van der Waals surface area contributed by atoms with Crippen molar-refractivity contribution in [2.45, 2.75) is 38.8 Å². The molecule has 7 aromatic rings. The first-order valence-corrected chi connectivity index (χ1v) is 17.4. The molecule has 0 spiro atoms. The number of hydrogen-bond donors (Lipinski definition) is 0. The van der Waals surface area contributed by atoms with Crippen molar-refractivity contribution in [3.05, 3.63) is 163 Å². The van der Waals surface area contributed by atoms with Crippen LogP contribution in [0.5, 0.6) is 0 Å². The van der Waals surface area contributed by atoms with Gasteiger partial charge < -0.3 is 4.90 Å². The summed E-state index contributed by atoms with van der Waals surface area (Å²) in [5, 5.41) is 2.47. The van der Waals surface area contributed by atoms with E-state index in [-0.39, 0.29) is 5.41 Å². The van der Waals surface area contributed by atoms with E-state index in [9.17, 15) is 0 Å². The van der Waals surface area contributed by atoms with Gasteiger partial charge in [0.15, 0.2) is 0 Å². The van der Waals surface area contributed by atoms with Gasteiger partial charge in [0.1, 0.15) is 0 Å². The lowest BCUT2D eigenvalue weighted by atomic mass is 9.82. The monoisotopic (exact) mass is 625 g/mol. The molecule has 220 valence electrons. The second-order valence-corrected chi connectivity index (χ2v) is 14.6. The second-order valence-electron chi connectivity index (χ2n) is 12.5. The number of rotatable bonds is 4. The minimum atomic E-state index is -0.00346. The zero-order valence-electron chi connectivity index (χ0n) is 25.7. The van der Waals surface area contributed by atoms with Gasteiger partial charge in [-0.1, -0.05) is 147 Å². The molecule has 0 bridgehead atoms. The third kappa shape index (κ3) is 4.26. The van der Waals surface area contributed by atoms with Crippen LogP contribution in [0, 0.1) is 0 Å². The van der Waals surface area contributed by atoms with Crippen LogP contribution in [0.25, 0.3) is 33.0 Å². The maximum atomic E-state index is 2.37. The lowest BCUT2D eigenvalue weighted by Gasteiger charge is -2.27. The highest BCUT2D eigenvalue weighted by Crippen LogP contribution is 2.59. The van der Waals surface area contributed by atoms with Crippen molar-refractivity contribution in [1.82, 2.24) is 0 Å². The summed E-state index contributed by atoms with van der Waals surface area (Å²) in [7, 11) is 0. The Morgan fingerprint density at radius 3 is 2.02 bits per heavy atom. The highest BCUT2D eigenvalue weighted by atomic mass is 32.2. The van der Waals surface area contributed by atoms with Crippen LogP contribution in [0.2, 0.25) is 0 Å². The zero-order valence-corrected chi connectivity index (χ0v) is 27.3. The third-order valence-corrected chi connectivity index (χ3v) is 12.2. The first-order chi connectivity index (χ1) is 22.6. The van der Waals surface area contributed by atoms with Crippen LogP contribution in [0.15, 0.2) is 171 Å². The van der Waals surface area contributed by atoms with Gasteiger partial charge in [-0.15, -0.1) is 0 Å². The largest absolute Gasteiger partial charge is 0.310 e. The SMILES string of the molecule is CC1(C)c2ccccc2-c2c1ccc1c2Sc2c(cccc2-c2ccc(N(c3ccccc3)c3cccc4ccccc34)cc2)S1. The van der Waals surface area contributed by atoms with Gasteiger partial charge in [-0.2, -0.15) is 0 Å². The number of anilines is 3. The predicted molar refractivity (Wildman–Crippen MR) is 196 cm³/mol. The third-order valence-electron chi connectivity index (χ3n) is 9.53. The standard InChI is InChI=1S/C43H31NS2/c1-43(2)35-19-9-8-17-34(35)40-36(43)26-27-39-42(40)46-41-33(18-11-21-38(41)45-39)29-22-24-31(25-23-29)44(30-14-4-3-5-15-30)37-20-10-13-28-12-6-7-16-32(28)37/h3-27H,1-2H3. The minimum absolute atomic E-state index is 0.00346. The maximum absolute atomic E-state index is 2.37. The van der Waals surface area contributed by atoms with E-state index in [1.165, 1.54) is 69.4 Å². The van der Waals surface area contributed by atoms with Crippen LogP contribution in [-0.4, -0.2) is 0 Å². The number of benzene rings is 7. The molecule has 7 aromatic carbocycles. The molecule has 0 fully saturated rings. The molecule has 2 aliphatic rings. The molecule has 0 saturated carbocycles. The average Bonchev–Trinajstić information content (AvgIpc) is 3.34. The molecule has 9 rings (SSSR count). The summed E-state index contributed by atoms with van der Waals surface area (Å²) in [6.07, 6.45) is 0. The Labute approximate surface area is 278 Å². The van der Waals surface area contributed by atoms with E-state index < -0.39 is 0 Å². The molecule has 1 nitrogen and oxygen atoms in total. The Kier molecular flexibility index (Phi) is 6.41. The van der Waals surface area contributed by atoms with Gasteiger partial charge in [0.2, 0.25) is 0 Å². The van der Waals surface area contributed by atoms with Gasteiger partial charge in [0.05, 0.1) is 5.69 Å². The fourth-order valence-corrected chi connectivity index (χ4v) is 9.85. The molecule has 0 unspecified atom stereocenters. The van der Waals surface area contributed by atoms with Crippen molar-refractivity contribution >= 4 is 51.4 Å². The van der Waals surface area contributed by atoms with Crippen LogP contribution < -0.4 is 4.90 Å². The average molecular weight is 626 g/mol. The summed E-state index contributed by atoms with van der Waals surface area (Å²) in [5.41, 5.74) is 11.6. The summed E-state index contributed by atoms with van der Waals surface area (Å²) in [4.78, 5) is 7.78. The van der Waals surface area contributed by atoms with Gasteiger partial charge in [-0.05, 0) is 75.7 Å². The first-order valence-electron chi connectivity index (χ1n) is 15.8. The number of para-hydroxylation sites is 1. The zero-order chi connectivity index (χ0) is 30.8. The van der Waals surface area contributed by atoms with Gasteiger partial charge in [0.25, 0.3) is 0 Å². The van der Waals surface area contributed by atoms with Crippen LogP contribution in [0.4, 0.5) is 17.1 Å². The Morgan fingerprint density at radius 1 is 0.478 bits per heavy atom. The normalized spacial score (nSPS) is 13.9. The number of fused-ring (bicyclic) bond motifs is 7. The Balaban J connectivity index is 1.14. The van der Waals surface area contributed by atoms with Crippen LogP contribution in [0.3, 0.4) is 0 Å². The fraction of sp³-hybridized carbons (Fsp3) is 0.0698. The number of hydrogen-bond acceptors (Lipinski definition) is 3. The minimum Gasteiger partial charge on any atom is -0.310 e. The quantitative estimate of drug-likeness (QED) is 0.192. The van der Waals surface area contributed by atoms with Gasteiger partial charge in [-0.25, -0.2) is 0 Å². The van der Waals surface area contributed by atoms with Gasteiger partial charge in [-0.3, -0.25) is 0 Å². The summed E-state index contributed by atoms with van der Waals surface area (Å²) in [6, 6.07) is 55.5. The molecular formula is C43H31NS2. The summed E-state index contributed by atoms with van der Waals surface area (Å²) >= 11 is 3.85. The second kappa shape index (κ2) is 10.7. The Hall–Kier alpha value is -4.70. The smallest absolute Gasteiger partial charge is 0.0540 e. The van der Waals surface area contributed by atoms with Crippen molar-refractivity contribution < 1.29 is 0 Å². The van der Waals surface area contributed by atoms with E-state index in [2.05, 4.69) is 170 Å². The summed E-state index contributed by atoms with van der Waals surface area (Å²) < 4.78 is 0. The molecular weight excluding hydrogens is 595 g/mol.